The molecule has 210 valence electrons. The van der Waals surface area contributed by atoms with Gasteiger partial charge in [-0.3, -0.25) is 0 Å². The number of piperazine rings is 1. The van der Waals surface area contributed by atoms with Gasteiger partial charge < -0.3 is 35.0 Å². The summed E-state index contributed by atoms with van der Waals surface area (Å²) in [5.41, 5.74) is 3.04. The number of hydrogen-bond donors (Lipinski definition) is 3. The lowest BCUT2D eigenvalue weighted by Gasteiger charge is -2.44. The number of benzene rings is 1. The molecular formula is C29H42N8O2. The SMILES string of the molecule is CN1CCN(c2ccc(Nc3nc(N(C)[C@H]4CN(C(=O)O)CC[C@H]4CC(C)(C)C)c4cc[nH]c4n3)cc2)CC1. The molecule has 0 spiro atoms. The van der Waals surface area contributed by atoms with Gasteiger partial charge in [0.1, 0.15) is 11.5 Å². The number of aromatic amines is 1. The highest BCUT2D eigenvalue weighted by atomic mass is 16.4. The fourth-order valence-electron chi connectivity index (χ4n) is 5.97. The number of rotatable bonds is 6. The van der Waals surface area contributed by atoms with E-state index in [4.69, 9.17) is 9.97 Å². The Balaban J connectivity index is 1.40. The lowest BCUT2D eigenvalue weighted by molar-refractivity contribution is 0.103. The Morgan fingerprint density at radius 3 is 2.49 bits per heavy atom. The highest BCUT2D eigenvalue weighted by Gasteiger charge is 2.37. The number of amides is 1. The first-order chi connectivity index (χ1) is 18.6. The van der Waals surface area contributed by atoms with Gasteiger partial charge in [-0.05, 0) is 61.6 Å². The zero-order valence-corrected chi connectivity index (χ0v) is 23.8. The van der Waals surface area contributed by atoms with E-state index in [2.05, 4.69) is 77.1 Å². The number of carboxylic acid groups (broad SMARTS) is 1. The molecule has 2 aromatic heterocycles. The van der Waals surface area contributed by atoms with Gasteiger partial charge in [-0.2, -0.15) is 9.97 Å². The number of piperidine rings is 1. The molecule has 3 N–H and O–H groups in total. The molecule has 0 saturated carbocycles. The van der Waals surface area contributed by atoms with Crippen molar-refractivity contribution < 1.29 is 9.90 Å². The van der Waals surface area contributed by atoms with Crippen molar-refractivity contribution in [2.24, 2.45) is 11.3 Å². The van der Waals surface area contributed by atoms with Crippen LogP contribution in [0, 0.1) is 11.3 Å². The van der Waals surface area contributed by atoms with Crippen molar-refractivity contribution in [3.05, 3.63) is 36.5 Å². The summed E-state index contributed by atoms with van der Waals surface area (Å²) in [6.07, 6.45) is 2.87. The van der Waals surface area contributed by atoms with Crippen LogP contribution < -0.4 is 15.1 Å². The molecule has 2 aliphatic heterocycles. The number of nitrogens with one attached hydrogen (secondary N) is 2. The molecule has 0 bridgehead atoms. The topological polar surface area (TPSA) is 104 Å². The highest BCUT2D eigenvalue weighted by Crippen LogP contribution is 2.36. The van der Waals surface area contributed by atoms with Gasteiger partial charge in [0.15, 0.2) is 0 Å². The number of anilines is 4. The first-order valence-corrected chi connectivity index (χ1v) is 13.9. The van der Waals surface area contributed by atoms with E-state index in [1.807, 2.05) is 19.3 Å². The van der Waals surface area contributed by atoms with Crippen LogP contribution in [0.25, 0.3) is 11.0 Å². The molecule has 0 aliphatic carbocycles. The van der Waals surface area contributed by atoms with Crippen molar-refractivity contribution in [1.29, 1.82) is 0 Å². The molecule has 2 aliphatic rings. The van der Waals surface area contributed by atoms with Gasteiger partial charge in [-0.25, -0.2) is 4.79 Å². The van der Waals surface area contributed by atoms with Crippen LogP contribution in [0.3, 0.4) is 0 Å². The molecule has 0 radical (unpaired) electrons. The standard InChI is InChI=1S/C29H42N8O2/c1-29(2,3)18-20-11-13-37(28(38)39)19-24(20)35(5)26-23-10-12-30-25(23)32-27(33-26)31-21-6-8-22(9-7-21)36-16-14-34(4)15-17-36/h6-10,12,20,24H,11,13-19H2,1-5H3,(H,38,39)(H2,30,31,32,33)/t20-,24-/m0/s1. The highest BCUT2D eigenvalue weighted by molar-refractivity contribution is 5.89. The Hall–Kier alpha value is -3.53. The van der Waals surface area contributed by atoms with E-state index in [0.717, 1.165) is 61.6 Å². The summed E-state index contributed by atoms with van der Waals surface area (Å²) in [4.78, 5) is 33.3. The molecule has 5 rings (SSSR count). The van der Waals surface area contributed by atoms with Crippen LogP contribution in [0.2, 0.25) is 0 Å². The monoisotopic (exact) mass is 534 g/mol. The first kappa shape index (κ1) is 27.1. The Bertz CT molecular complexity index is 1280. The third-order valence-corrected chi connectivity index (χ3v) is 8.09. The summed E-state index contributed by atoms with van der Waals surface area (Å²) in [5, 5.41) is 14.1. The molecule has 2 fully saturated rings. The maximum absolute atomic E-state index is 11.9. The van der Waals surface area contributed by atoms with Crippen LogP contribution in [0.4, 0.5) is 27.9 Å². The van der Waals surface area contributed by atoms with Crippen LogP contribution in [-0.4, -0.2) is 95.4 Å². The molecule has 39 heavy (non-hydrogen) atoms. The Morgan fingerprint density at radius 2 is 1.82 bits per heavy atom. The molecule has 2 atom stereocenters. The van der Waals surface area contributed by atoms with E-state index >= 15 is 0 Å². The second-order valence-electron chi connectivity index (χ2n) is 12.3. The fraction of sp³-hybridized carbons (Fsp3) is 0.552. The summed E-state index contributed by atoms with van der Waals surface area (Å²) >= 11 is 0. The van der Waals surface area contributed by atoms with Crippen molar-refractivity contribution in [3.8, 4) is 0 Å². The maximum atomic E-state index is 11.9. The zero-order valence-electron chi connectivity index (χ0n) is 23.8. The average Bonchev–Trinajstić information content (AvgIpc) is 3.37. The fourth-order valence-corrected chi connectivity index (χ4v) is 5.97. The lowest BCUT2D eigenvalue weighted by Crippen LogP contribution is -2.54. The predicted octanol–water partition coefficient (Wildman–Crippen LogP) is 4.69. The summed E-state index contributed by atoms with van der Waals surface area (Å²) in [5.74, 6) is 1.67. The van der Waals surface area contributed by atoms with E-state index in [1.165, 1.54) is 10.6 Å². The van der Waals surface area contributed by atoms with Gasteiger partial charge in [-0.1, -0.05) is 20.8 Å². The second-order valence-corrected chi connectivity index (χ2v) is 12.3. The molecule has 10 heteroatoms. The van der Waals surface area contributed by atoms with Gasteiger partial charge in [0.05, 0.1) is 11.4 Å². The predicted molar refractivity (Wildman–Crippen MR) is 157 cm³/mol. The molecule has 1 amide bonds. The number of aromatic nitrogens is 3. The van der Waals surface area contributed by atoms with E-state index in [1.54, 1.807) is 0 Å². The summed E-state index contributed by atoms with van der Waals surface area (Å²) in [6.45, 7) is 12.0. The number of H-pyrrole nitrogens is 1. The van der Waals surface area contributed by atoms with Crippen molar-refractivity contribution >= 4 is 40.3 Å². The summed E-state index contributed by atoms with van der Waals surface area (Å²) in [6, 6.07) is 10.4. The number of fused-ring (bicyclic) bond motifs is 1. The minimum absolute atomic E-state index is 0.0118. The van der Waals surface area contributed by atoms with Crippen LogP contribution >= 0.6 is 0 Å². The first-order valence-electron chi connectivity index (χ1n) is 13.9. The largest absolute Gasteiger partial charge is 0.465 e. The molecule has 10 nitrogen and oxygen atoms in total. The van der Waals surface area contributed by atoms with E-state index < -0.39 is 6.09 Å². The van der Waals surface area contributed by atoms with Gasteiger partial charge in [0.25, 0.3) is 0 Å². The van der Waals surface area contributed by atoms with Crippen LogP contribution in [0.1, 0.15) is 33.6 Å². The summed E-state index contributed by atoms with van der Waals surface area (Å²) < 4.78 is 0. The Morgan fingerprint density at radius 1 is 1.10 bits per heavy atom. The minimum Gasteiger partial charge on any atom is -0.465 e. The smallest absolute Gasteiger partial charge is 0.407 e. The summed E-state index contributed by atoms with van der Waals surface area (Å²) in [7, 11) is 4.20. The number of likely N-dealkylation sites (tertiary alicyclic amines) is 1. The van der Waals surface area contributed by atoms with Crippen LogP contribution in [-0.2, 0) is 0 Å². The molecule has 3 aromatic rings. The lowest BCUT2D eigenvalue weighted by atomic mass is 9.77. The van der Waals surface area contributed by atoms with Crippen LogP contribution in [0.5, 0.6) is 0 Å². The van der Waals surface area contributed by atoms with Gasteiger partial charge in [0.2, 0.25) is 5.95 Å². The maximum Gasteiger partial charge on any atom is 0.407 e. The van der Waals surface area contributed by atoms with E-state index in [-0.39, 0.29) is 11.5 Å². The Kier molecular flexibility index (Phi) is 7.57. The third kappa shape index (κ3) is 6.21. The molecular weight excluding hydrogens is 492 g/mol. The number of hydrogen-bond acceptors (Lipinski definition) is 7. The Labute approximate surface area is 231 Å². The van der Waals surface area contributed by atoms with E-state index in [0.29, 0.717) is 25.0 Å². The molecule has 1 aromatic carbocycles. The van der Waals surface area contributed by atoms with Crippen molar-refractivity contribution in [3.63, 3.8) is 0 Å². The average molecular weight is 535 g/mol. The van der Waals surface area contributed by atoms with E-state index in [9.17, 15) is 9.90 Å². The van der Waals surface area contributed by atoms with Crippen molar-refractivity contribution in [2.75, 3.05) is 68.5 Å². The zero-order chi connectivity index (χ0) is 27.7. The normalized spacial score (nSPS) is 20.8. The second kappa shape index (κ2) is 10.9. The number of likely N-dealkylation sites (N-methyl/N-ethyl adjacent to an activating group) is 2. The molecule has 2 saturated heterocycles. The van der Waals surface area contributed by atoms with Crippen molar-refractivity contribution in [2.45, 2.75) is 39.7 Å². The third-order valence-electron chi connectivity index (χ3n) is 8.09. The van der Waals surface area contributed by atoms with Gasteiger partial charge in [0, 0.05) is 63.9 Å². The number of carbonyl (C=O) groups is 1. The molecule has 4 heterocycles. The van der Waals surface area contributed by atoms with Gasteiger partial charge >= 0.3 is 6.09 Å². The van der Waals surface area contributed by atoms with Crippen molar-refractivity contribution in [1.82, 2.24) is 24.8 Å². The van der Waals surface area contributed by atoms with Gasteiger partial charge in [-0.15, -0.1) is 0 Å². The minimum atomic E-state index is -0.862. The molecule has 0 unspecified atom stereocenters. The number of nitrogens with zero attached hydrogens (tertiary/aromatic N) is 6. The quantitative estimate of drug-likeness (QED) is 0.418. The van der Waals surface area contributed by atoms with Crippen LogP contribution in [0.15, 0.2) is 36.5 Å².